The number of carbonyl (C=O) groups is 1. The van der Waals surface area contributed by atoms with E-state index in [4.69, 9.17) is 4.42 Å². The highest BCUT2D eigenvalue weighted by Gasteiger charge is 2.33. The van der Waals surface area contributed by atoms with Gasteiger partial charge in [-0.25, -0.2) is 0 Å². The van der Waals surface area contributed by atoms with Crippen LogP contribution in [0.1, 0.15) is 37.8 Å². The molecule has 1 aromatic heterocycles. The number of aryl methyl sites for hydroxylation is 1. The van der Waals surface area contributed by atoms with E-state index >= 15 is 0 Å². The van der Waals surface area contributed by atoms with E-state index in [-0.39, 0.29) is 6.04 Å². The third kappa shape index (κ3) is 3.33. The smallest absolute Gasteiger partial charge is 0.309 e. The zero-order valence-corrected chi connectivity index (χ0v) is 11.2. The van der Waals surface area contributed by atoms with Gasteiger partial charge in [0.05, 0.1) is 11.5 Å². The highest BCUT2D eigenvalue weighted by atomic mass is 16.4. The molecule has 0 bridgehead atoms. The lowest BCUT2D eigenvalue weighted by atomic mass is 9.85. The van der Waals surface area contributed by atoms with Gasteiger partial charge in [0, 0.05) is 0 Å². The Morgan fingerprint density at radius 3 is 2.41 bits per heavy atom. The molecule has 0 aliphatic rings. The fourth-order valence-corrected chi connectivity index (χ4v) is 1.74. The highest BCUT2D eigenvalue weighted by molar-refractivity contribution is 5.73. The first-order valence-electron chi connectivity index (χ1n) is 5.70. The van der Waals surface area contributed by atoms with Crippen molar-refractivity contribution >= 4 is 5.97 Å². The van der Waals surface area contributed by atoms with Crippen LogP contribution in [0.25, 0.3) is 0 Å². The maximum atomic E-state index is 11.2. The van der Waals surface area contributed by atoms with Gasteiger partial charge < -0.3 is 9.52 Å². The van der Waals surface area contributed by atoms with Crippen molar-refractivity contribution in [2.75, 3.05) is 14.1 Å². The second kappa shape index (κ2) is 4.92. The second-order valence-electron chi connectivity index (χ2n) is 5.32. The van der Waals surface area contributed by atoms with E-state index in [9.17, 15) is 9.90 Å². The van der Waals surface area contributed by atoms with Gasteiger partial charge in [-0.15, -0.1) is 0 Å². The number of carboxylic acid groups (broad SMARTS) is 1. The van der Waals surface area contributed by atoms with Crippen LogP contribution in [-0.2, 0) is 4.79 Å². The van der Waals surface area contributed by atoms with E-state index < -0.39 is 11.4 Å². The molecule has 4 nitrogen and oxygen atoms in total. The minimum atomic E-state index is -0.785. The van der Waals surface area contributed by atoms with E-state index in [1.54, 1.807) is 13.8 Å². The molecule has 0 saturated carbocycles. The maximum Gasteiger partial charge on any atom is 0.309 e. The average molecular weight is 239 g/mol. The molecule has 0 amide bonds. The molecular formula is C13H21NO3. The van der Waals surface area contributed by atoms with Gasteiger partial charge >= 0.3 is 5.97 Å². The van der Waals surface area contributed by atoms with Crippen LogP contribution < -0.4 is 0 Å². The minimum absolute atomic E-state index is 0.0187. The Morgan fingerprint density at radius 1 is 1.47 bits per heavy atom. The summed E-state index contributed by atoms with van der Waals surface area (Å²) in [5.74, 6) is 0.884. The summed E-state index contributed by atoms with van der Waals surface area (Å²) >= 11 is 0. The summed E-state index contributed by atoms with van der Waals surface area (Å²) in [5, 5.41) is 9.17. The third-order valence-corrected chi connectivity index (χ3v) is 3.00. The topological polar surface area (TPSA) is 53.7 Å². The first kappa shape index (κ1) is 13.8. The van der Waals surface area contributed by atoms with Crippen molar-refractivity contribution < 1.29 is 14.3 Å². The van der Waals surface area contributed by atoms with Crippen LogP contribution in [0.4, 0.5) is 0 Å². The number of hydrogen-bond donors (Lipinski definition) is 1. The van der Waals surface area contributed by atoms with Crippen LogP contribution in [-0.4, -0.2) is 30.1 Å². The summed E-state index contributed by atoms with van der Waals surface area (Å²) in [5.41, 5.74) is -0.768. The average Bonchev–Trinajstić information content (AvgIpc) is 2.60. The Bertz CT molecular complexity index is 393. The molecule has 0 saturated heterocycles. The monoisotopic (exact) mass is 239 g/mol. The summed E-state index contributed by atoms with van der Waals surface area (Å²) in [6.07, 6.45) is 0.516. The molecular weight excluding hydrogens is 218 g/mol. The Morgan fingerprint density at radius 2 is 2.06 bits per heavy atom. The first-order valence-corrected chi connectivity index (χ1v) is 5.70. The zero-order chi connectivity index (χ0) is 13.2. The Balaban J connectivity index is 2.92. The largest absolute Gasteiger partial charge is 0.481 e. The lowest BCUT2D eigenvalue weighted by Crippen LogP contribution is -2.31. The fraction of sp³-hybridized carbons (Fsp3) is 0.615. The van der Waals surface area contributed by atoms with Crippen LogP contribution in [0.15, 0.2) is 16.5 Å². The van der Waals surface area contributed by atoms with Crippen molar-refractivity contribution in [3.63, 3.8) is 0 Å². The number of furan rings is 1. The molecule has 1 N–H and O–H groups in total. The van der Waals surface area contributed by atoms with E-state index in [0.29, 0.717) is 6.42 Å². The third-order valence-electron chi connectivity index (χ3n) is 3.00. The summed E-state index contributed by atoms with van der Waals surface area (Å²) in [7, 11) is 3.86. The molecule has 0 aliphatic carbocycles. The number of aliphatic carboxylic acids is 1. The number of rotatable bonds is 5. The van der Waals surface area contributed by atoms with Crippen molar-refractivity contribution in [3.8, 4) is 0 Å². The van der Waals surface area contributed by atoms with E-state index in [1.807, 2.05) is 38.1 Å². The van der Waals surface area contributed by atoms with Crippen molar-refractivity contribution in [2.24, 2.45) is 5.41 Å². The number of carboxylic acids is 1. The van der Waals surface area contributed by atoms with Crippen LogP contribution >= 0.6 is 0 Å². The molecule has 1 atom stereocenters. The van der Waals surface area contributed by atoms with Gasteiger partial charge in [0.1, 0.15) is 11.5 Å². The van der Waals surface area contributed by atoms with E-state index in [2.05, 4.69) is 0 Å². The summed E-state index contributed by atoms with van der Waals surface area (Å²) in [4.78, 5) is 13.2. The summed E-state index contributed by atoms with van der Waals surface area (Å²) in [6, 6.07) is 3.80. The predicted molar refractivity (Wildman–Crippen MR) is 65.9 cm³/mol. The quantitative estimate of drug-likeness (QED) is 0.858. The molecule has 1 unspecified atom stereocenters. The number of nitrogens with zero attached hydrogens (tertiary/aromatic N) is 1. The van der Waals surface area contributed by atoms with Crippen LogP contribution in [0.5, 0.6) is 0 Å². The molecule has 17 heavy (non-hydrogen) atoms. The highest BCUT2D eigenvalue weighted by Crippen LogP contribution is 2.33. The molecule has 0 spiro atoms. The lowest BCUT2D eigenvalue weighted by molar-refractivity contribution is -0.148. The van der Waals surface area contributed by atoms with Gasteiger partial charge in [-0.1, -0.05) is 0 Å². The van der Waals surface area contributed by atoms with Crippen molar-refractivity contribution in [3.05, 3.63) is 23.7 Å². The molecule has 0 aliphatic heterocycles. The molecule has 4 heteroatoms. The number of hydrogen-bond acceptors (Lipinski definition) is 3. The molecule has 1 rings (SSSR count). The Hall–Kier alpha value is -1.29. The lowest BCUT2D eigenvalue weighted by Gasteiger charge is -2.29. The molecule has 1 aromatic rings. The summed E-state index contributed by atoms with van der Waals surface area (Å²) < 4.78 is 5.60. The normalized spacial score (nSPS) is 14.0. The Kier molecular flexibility index (Phi) is 3.98. The second-order valence-corrected chi connectivity index (χ2v) is 5.32. The van der Waals surface area contributed by atoms with Gasteiger partial charge in [-0.2, -0.15) is 0 Å². The van der Waals surface area contributed by atoms with Gasteiger partial charge in [0.25, 0.3) is 0 Å². The Labute approximate surface area is 102 Å². The molecule has 1 heterocycles. The molecule has 0 radical (unpaired) electrons. The van der Waals surface area contributed by atoms with Crippen LogP contribution in [0.2, 0.25) is 0 Å². The summed E-state index contributed by atoms with van der Waals surface area (Å²) in [6.45, 7) is 5.36. The van der Waals surface area contributed by atoms with E-state index in [1.165, 1.54) is 0 Å². The van der Waals surface area contributed by atoms with Crippen molar-refractivity contribution in [1.82, 2.24) is 4.90 Å². The van der Waals surface area contributed by atoms with Crippen LogP contribution in [0, 0.1) is 12.3 Å². The van der Waals surface area contributed by atoms with Crippen molar-refractivity contribution in [2.45, 2.75) is 33.2 Å². The van der Waals surface area contributed by atoms with Gasteiger partial charge in [-0.3, -0.25) is 9.69 Å². The van der Waals surface area contributed by atoms with Crippen LogP contribution in [0.3, 0.4) is 0 Å². The van der Waals surface area contributed by atoms with Gasteiger partial charge in [0.15, 0.2) is 0 Å². The van der Waals surface area contributed by atoms with Gasteiger partial charge in [0.2, 0.25) is 0 Å². The molecule has 0 aromatic carbocycles. The SMILES string of the molecule is Cc1ccc(C(CC(C)(C)C(=O)O)N(C)C)o1. The molecule has 96 valence electrons. The van der Waals surface area contributed by atoms with Gasteiger partial charge in [-0.05, 0) is 53.4 Å². The maximum absolute atomic E-state index is 11.2. The molecule has 0 fully saturated rings. The minimum Gasteiger partial charge on any atom is -0.481 e. The first-order chi connectivity index (χ1) is 7.74. The van der Waals surface area contributed by atoms with E-state index in [0.717, 1.165) is 11.5 Å². The van der Waals surface area contributed by atoms with Crippen molar-refractivity contribution in [1.29, 1.82) is 0 Å². The fourth-order valence-electron chi connectivity index (χ4n) is 1.74. The predicted octanol–water partition coefficient (Wildman–Crippen LogP) is 2.69. The standard InChI is InChI=1S/C13H21NO3/c1-9-6-7-11(17-9)10(14(4)5)8-13(2,3)12(15)16/h6-7,10H,8H2,1-5H3,(H,15,16). The zero-order valence-electron chi connectivity index (χ0n) is 11.2.